The van der Waals surface area contributed by atoms with Gasteiger partial charge in [-0.3, -0.25) is 4.79 Å². The van der Waals surface area contributed by atoms with Crippen molar-refractivity contribution in [1.29, 1.82) is 0 Å². The number of hydrogen-bond donors (Lipinski definition) is 1. The number of hydrogen-bond acceptors (Lipinski definition) is 2. The number of amides is 1. The molecular weight excluding hydrogens is 317 g/mol. The van der Waals surface area contributed by atoms with E-state index in [1.54, 1.807) is 6.07 Å². The molecular formula is C17H15ClFN3O. The molecule has 3 rings (SSSR count). The maximum absolute atomic E-state index is 13.6. The first-order valence-corrected chi connectivity index (χ1v) is 7.63. The number of carbonyl (C=O) groups is 1. The molecule has 3 aromatic rings. The smallest absolute Gasteiger partial charge is 0.224 e. The normalized spacial score (nSPS) is 10.9. The van der Waals surface area contributed by atoms with Gasteiger partial charge >= 0.3 is 0 Å². The van der Waals surface area contributed by atoms with E-state index in [0.29, 0.717) is 13.0 Å². The maximum atomic E-state index is 13.6. The van der Waals surface area contributed by atoms with Crippen molar-refractivity contribution in [1.82, 2.24) is 14.7 Å². The van der Waals surface area contributed by atoms with Crippen LogP contribution < -0.4 is 5.32 Å². The topological polar surface area (TPSA) is 46.4 Å². The third kappa shape index (κ3) is 3.68. The number of pyridine rings is 1. The van der Waals surface area contributed by atoms with E-state index in [9.17, 15) is 9.18 Å². The number of nitrogens with one attached hydrogen (secondary N) is 1. The van der Waals surface area contributed by atoms with Gasteiger partial charge in [0.25, 0.3) is 0 Å². The van der Waals surface area contributed by atoms with Gasteiger partial charge in [0.2, 0.25) is 5.91 Å². The predicted octanol–water partition coefficient (Wildman–Crippen LogP) is 3.03. The zero-order valence-corrected chi connectivity index (χ0v) is 13.1. The van der Waals surface area contributed by atoms with E-state index < -0.39 is 5.82 Å². The van der Waals surface area contributed by atoms with Gasteiger partial charge in [0.15, 0.2) is 0 Å². The highest BCUT2D eigenvalue weighted by Crippen LogP contribution is 2.19. The first kappa shape index (κ1) is 15.5. The molecule has 0 radical (unpaired) electrons. The van der Waals surface area contributed by atoms with Crippen LogP contribution in [0.4, 0.5) is 4.39 Å². The van der Waals surface area contributed by atoms with Crippen LogP contribution in [0.15, 0.2) is 48.8 Å². The highest BCUT2D eigenvalue weighted by Gasteiger charge is 2.11. The summed E-state index contributed by atoms with van der Waals surface area (Å²) in [5.74, 6) is -0.728. The highest BCUT2D eigenvalue weighted by atomic mass is 35.5. The molecule has 0 bridgehead atoms. The highest BCUT2D eigenvalue weighted by molar-refractivity contribution is 6.31. The molecule has 1 N–H and O–H groups in total. The number of carbonyl (C=O) groups excluding carboxylic acids is 1. The molecule has 0 saturated carbocycles. The average molecular weight is 332 g/mol. The number of fused-ring (bicyclic) bond motifs is 1. The van der Waals surface area contributed by atoms with Crippen molar-refractivity contribution in [2.24, 2.45) is 0 Å². The van der Waals surface area contributed by atoms with Crippen molar-refractivity contribution in [2.75, 3.05) is 6.54 Å². The summed E-state index contributed by atoms with van der Waals surface area (Å²) in [5, 5.41) is 3.03. The lowest BCUT2D eigenvalue weighted by Gasteiger charge is -2.06. The Kier molecular flexibility index (Phi) is 4.57. The van der Waals surface area contributed by atoms with Crippen LogP contribution in [0.3, 0.4) is 0 Å². The van der Waals surface area contributed by atoms with E-state index in [0.717, 1.165) is 11.3 Å². The lowest BCUT2D eigenvalue weighted by Crippen LogP contribution is -2.27. The van der Waals surface area contributed by atoms with E-state index in [1.807, 2.05) is 35.0 Å². The Morgan fingerprint density at radius 3 is 2.91 bits per heavy atom. The second-order valence-electron chi connectivity index (χ2n) is 5.18. The summed E-state index contributed by atoms with van der Waals surface area (Å²) >= 11 is 5.92. The Labute approximate surface area is 137 Å². The molecule has 1 amide bonds. The van der Waals surface area contributed by atoms with Gasteiger partial charge in [-0.15, -0.1) is 0 Å². The summed E-state index contributed by atoms with van der Waals surface area (Å²) in [6, 6.07) is 10.2. The third-order valence-corrected chi connectivity index (χ3v) is 3.87. The maximum Gasteiger partial charge on any atom is 0.224 e. The summed E-state index contributed by atoms with van der Waals surface area (Å²) in [7, 11) is 0. The van der Waals surface area contributed by atoms with Gasteiger partial charge in [0, 0.05) is 35.9 Å². The van der Waals surface area contributed by atoms with Crippen molar-refractivity contribution in [2.45, 2.75) is 12.8 Å². The minimum absolute atomic E-state index is 0.0727. The fraction of sp³-hybridized carbons (Fsp3) is 0.176. The molecule has 0 atom stereocenters. The van der Waals surface area contributed by atoms with Crippen LogP contribution in [0.1, 0.15) is 11.3 Å². The third-order valence-electron chi connectivity index (χ3n) is 3.52. The monoisotopic (exact) mass is 331 g/mol. The molecule has 0 spiro atoms. The van der Waals surface area contributed by atoms with Crippen LogP contribution in [0.5, 0.6) is 0 Å². The average Bonchev–Trinajstić information content (AvgIpc) is 2.94. The van der Waals surface area contributed by atoms with Gasteiger partial charge in [-0.25, -0.2) is 9.37 Å². The Morgan fingerprint density at radius 2 is 2.13 bits per heavy atom. The zero-order chi connectivity index (χ0) is 16.2. The molecule has 0 saturated heterocycles. The molecule has 0 fully saturated rings. The molecule has 0 aliphatic carbocycles. The van der Waals surface area contributed by atoms with Gasteiger partial charge < -0.3 is 9.72 Å². The van der Waals surface area contributed by atoms with E-state index in [4.69, 9.17) is 11.6 Å². The van der Waals surface area contributed by atoms with Crippen molar-refractivity contribution in [3.05, 3.63) is 70.9 Å². The summed E-state index contributed by atoms with van der Waals surface area (Å²) in [6.45, 7) is 0.439. The van der Waals surface area contributed by atoms with Gasteiger partial charge in [0.05, 0.1) is 12.1 Å². The van der Waals surface area contributed by atoms with Crippen molar-refractivity contribution < 1.29 is 9.18 Å². The van der Waals surface area contributed by atoms with Gasteiger partial charge in [-0.05, 0) is 24.3 Å². The molecule has 118 valence electrons. The number of benzene rings is 1. The predicted molar refractivity (Wildman–Crippen MR) is 87.0 cm³/mol. The molecule has 0 aliphatic heterocycles. The largest absolute Gasteiger partial charge is 0.355 e. The van der Waals surface area contributed by atoms with E-state index in [2.05, 4.69) is 10.3 Å². The molecule has 0 aliphatic rings. The van der Waals surface area contributed by atoms with Crippen molar-refractivity contribution in [3.63, 3.8) is 0 Å². The first-order valence-electron chi connectivity index (χ1n) is 7.25. The second kappa shape index (κ2) is 6.79. The van der Waals surface area contributed by atoms with E-state index in [1.165, 1.54) is 12.1 Å². The number of halogens is 2. The summed E-state index contributed by atoms with van der Waals surface area (Å²) in [4.78, 5) is 16.4. The van der Waals surface area contributed by atoms with Crippen LogP contribution >= 0.6 is 11.6 Å². The molecule has 6 heteroatoms. The Balaban J connectivity index is 1.55. The Hall–Kier alpha value is -2.40. The molecule has 23 heavy (non-hydrogen) atoms. The molecule has 0 unspecified atom stereocenters. The standard InChI is InChI=1S/C17H15ClFN3O/c18-14-4-3-5-15(19)13(14)10-17(23)20-8-7-12-11-22-9-2-1-6-16(22)21-12/h1-6,9,11H,7-8,10H2,(H,20,23). The van der Waals surface area contributed by atoms with Crippen LogP contribution in [-0.4, -0.2) is 21.8 Å². The quantitative estimate of drug-likeness (QED) is 0.781. The first-order chi connectivity index (χ1) is 11.1. The SMILES string of the molecule is O=C(Cc1c(F)cccc1Cl)NCCc1cn2ccccc2n1. The minimum Gasteiger partial charge on any atom is -0.355 e. The van der Waals surface area contributed by atoms with Crippen LogP contribution in [0.2, 0.25) is 5.02 Å². The van der Waals surface area contributed by atoms with E-state index in [-0.39, 0.29) is 22.9 Å². The summed E-state index contributed by atoms with van der Waals surface area (Å²) < 4.78 is 15.6. The Morgan fingerprint density at radius 1 is 1.26 bits per heavy atom. The van der Waals surface area contributed by atoms with Gasteiger partial charge in [-0.1, -0.05) is 23.7 Å². The number of rotatable bonds is 5. The molecule has 2 heterocycles. The number of nitrogens with zero attached hydrogens (tertiary/aromatic N) is 2. The lowest BCUT2D eigenvalue weighted by molar-refractivity contribution is -0.120. The van der Waals surface area contributed by atoms with Gasteiger partial charge in [-0.2, -0.15) is 0 Å². The van der Waals surface area contributed by atoms with E-state index >= 15 is 0 Å². The number of aromatic nitrogens is 2. The molecule has 1 aromatic carbocycles. The second-order valence-corrected chi connectivity index (χ2v) is 5.58. The fourth-order valence-corrected chi connectivity index (χ4v) is 2.59. The fourth-order valence-electron chi connectivity index (χ4n) is 2.36. The lowest BCUT2D eigenvalue weighted by atomic mass is 10.1. The van der Waals surface area contributed by atoms with Gasteiger partial charge in [0.1, 0.15) is 11.5 Å². The van der Waals surface area contributed by atoms with Crippen LogP contribution in [0.25, 0.3) is 5.65 Å². The molecule has 4 nitrogen and oxygen atoms in total. The Bertz CT molecular complexity index is 793. The van der Waals surface area contributed by atoms with Crippen LogP contribution in [0, 0.1) is 5.82 Å². The minimum atomic E-state index is -0.465. The number of imidazole rings is 1. The summed E-state index contributed by atoms with van der Waals surface area (Å²) in [6.07, 6.45) is 4.38. The van der Waals surface area contributed by atoms with Crippen molar-refractivity contribution >= 4 is 23.2 Å². The molecule has 2 aromatic heterocycles. The van der Waals surface area contributed by atoms with Crippen LogP contribution in [-0.2, 0) is 17.6 Å². The van der Waals surface area contributed by atoms with Crippen molar-refractivity contribution in [3.8, 4) is 0 Å². The zero-order valence-electron chi connectivity index (χ0n) is 12.3. The summed E-state index contributed by atoms with van der Waals surface area (Å²) in [5.41, 5.74) is 1.98.